The van der Waals surface area contributed by atoms with E-state index in [1.807, 2.05) is 25.0 Å². The molecule has 2 heterocycles. The summed E-state index contributed by atoms with van der Waals surface area (Å²) in [5, 5.41) is 5.17. The van der Waals surface area contributed by atoms with Gasteiger partial charge in [-0.15, -0.1) is 5.10 Å². The molecule has 0 radical (unpaired) electrons. The molecule has 0 spiro atoms. The number of ether oxygens (including phenoxy) is 1. The number of likely N-dealkylation sites (tertiary alicyclic amines) is 1. The van der Waals surface area contributed by atoms with Crippen LogP contribution in [0.5, 0.6) is 5.75 Å². The highest BCUT2D eigenvalue weighted by atomic mass is 32.2. The van der Waals surface area contributed by atoms with Gasteiger partial charge in [0.1, 0.15) is 5.75 Å². The van der Waals surface area contributed by atoms with Crippen LogP contribution in [0.1, 0.15) is 31.2 Å². The lowest BCUT2D eigenvalue weighted by atomic mass is 10.1. The topological polar surface area (TPSA) is 46.4 Å². The van der Waals surface area contributed by atoms with E-state index < -0.39 is 0 Å². The van der Waals surface area contributed by atoms with Crippen molar-refractivity contribution in [2.45, 2.75) is 37.4 Å². The predicted molar refractivity (Wildman–Crippen MR) is 112 cm³/mol. The summed E-state index contributed by atoms with van der Waals surface area (Å²) in [6, 6.07) is 8.58. The van der Waals surface area contributed by atoms with Crippen molar-refractivity contribution in [1.82, 2.24) is 19.7 Å². The van der Waals surface area contributed by atoms with Crippen LogP contribution in [-0.4, -0.2) is 59.2 Å². The van der Waals surface area contributed by atoms with Crippen molar-refractivity contribution in [2.75, 3.05) is 44.4 Å². The van der Waals surface area contributed by atoms with Crippen molar-refractivity contribution < 1.29 is 4.74 Å². The number of aromatic nitrogens is 3. The van der Waals surface area contributed by atoms with Crippen LogP contribution in [-0.2, 0) is 13.6 Å². The molecule has 0 bridgehead atoms. The van der Waals surface area contributed by atoms with Gasteiger partial charge in [-0.05, 0) is 56.3 Å². The van der Waals surface area contributed by atoms with E-state index >= 15 is 0 Å². The summed E-state index contributed by atoms with van der Waals surface area (Å²) < 4.78 is 7.73. The normalized spacial score (nSPS) is 15.1. The Morgan fingerprint density at radius 1 is 1.15 bits per heavy atom. The van der Waals surface area contributed by atoms with Gasteiger partial charge in [0.25, 0.3) is 0 Å². The van der Waals surface area contributed by atoms with Gasteiger partial charge in [0, 0.05) is 27.2 Å². The van der Waals surface area contributed by atoms with E-state index in [0.29, 0.717) is 6.61 Å². The summed E-state index contributed by atoms with van der Waals surface area (Å²) in [5.74, 6) is 1.84. The minimum absolute atomic E-state index is 0.697. The average Bonchev–Trinajstić information content (AvgIpc) is 3.08. The van der Waals surface area contributed by atoms with Crippen molar-refractivity contribution >= 4 is 17.7 Å². The van der Waals surface area contributed by atoms with E-state index in [1.165, 1.54) is 37.9 Å². The van der Waals surface area contributed by atoms with Crippen LogP contribution in [0.15, 0.2) is 29.4 Å². The standard InChI is InChI=1S/C20H31N5OS/c1-23(20-21-19(27-3)22-24(20)2)12-7-15-26-18-10-8-17(9-11-18)16-25-13-5-4-6-14-25/h8-11H,4-7,12-16H2,1-3H3. The first-order valence-corrected chi connectivity index (χ1v) is 11.0. The van der Waals surface area contributed by atoms with Crippen molar-refractivity contribution in [2.24, 2.45) is 7.05 Å². The number of nitrogens with zero attached hydrogens (tertiary/aromatic N) is 5. The highest BCUT2D eigenvalue weighted by Gasteiger charge is 2.11. The van der Waals surface area contributed by atoms with Crippen LogP contribution >= 0.6 is 11.8 Å². The third kappa shape index (κ3) is 5.87. The van der Waals surface area contributed by atoms with Gasteiger partial charge in [-0.2, -0.15) is 4.98 Å². The number of hydrogen-bond donors (Lipinski definition) is 0. The fourth-order valence-corrected chi connectivity index (χ4v) is 3.81. The first kappa shape index (κ1) is 20.0. The van der Waals surface area contributed by atoms with Crippen LogP contribution in [0, 0.1) is 0 Å². The number of rotatable bonds is 9. The Labute approximate surface area is 166 Å². The maximum absolute atomic E-state index is 5.91. The van der Waals surface area contributed by atoms with Gasteiger partial charge in [-0.3, -0.25) is 4.90 Å². The zero-order chi connectivity index (χ0) is 19.1. The number of piperidine rings is 1. The Balaban J connectivity index is 1.39. The summed E-state index contributed by atoms with van der Waals surface area (Å²) in [6.07, 6.45) is 6.98. The van der Waals surface area contributed by atoms with Gasteiger partial charge in [-0.1, -0.05) is 30.3 Å². The lowest BCUT2D eigenvalue weighted by molar-refractivity contribution is 0.221. The Bertz CT molecular complexity index is 697. The molecule has 6 nitrogen and oxygen atoms in total. The van der Waals surface area contributed by atoms with E-state index in [9.17, 15) is 0 Å². The van der Waals surface area contributed by atoms with Crippen molar-refractivity contribution in [3.63, 3.8) is 0 Å². The molecule has 2 aromatic rings. The molecule has 0 aliphatic carbocycles. The Kier molecular flexibility index (Phi) is 7.41. The molecular weight excluding hydrogens is 358 g/mol. The van der Waals surface area contributed by atoms with E-state index in [2.05, 4.69) is 44.1 Å². The molecule has 7 heteroatoms. The molecule has 27 heavy (non-hydrogen) atoms. The van der Waals surface area contributed by atoms with E-state index in [-0.39, 0.29) is 0 Å². The molecule has 1 aliphatic heterocycles. The third-order valence-electron chi connectivity index (χ3n) is 4.93. The van der Waals surface area contributed by atoms with E-state index in [4.69, 9.17) is 4.74 Å². The van der Waals surface area contributed by atoms with Gasteiger partial charge in [-0.25, -0.2) is 4.68 Å². The quantitative estimate of drug-likeness (QED) is 0.484. The molecule has 3 rings (SSSR count). The molecular formula is C20H31N5OS. The first-order chi connectivity index (χ1) is 13.2. The number of benzene rings is 1. The lowest BCUT2D eigenvalue weighted by Gasteiger charge is -2.26. The fourth-order valence-electron chi connectivity index (χ4n) is 3.43. The molecule has 0 amide bonds. The maximum atomic E-state index is 5.91. The van der Waals surface area contributed by atoms with Gasteiger partial charge in [0.2, 0.25) is 11.1 Å². The minimum atomic E-state index is 0.697. The van der Waals surface area contributed by atoms with Crippen LogP contribution in [0.3, 0.4) is 0 Å². The van der Waals surface area contributed by atoms with Crippen molar-refractivity contribution in [3.8, 4) is 5.75 Å². The molecule has 1 aromatic carbocycles. The van der Waals surface area contributed by atoms with Gasteiger partial charge >= 0.3 is 0 Å². The van der Waals surface area contributed by atoms with Crippen LogP contribution < -0.4 is 9.64 Å². The van der Waals surface area contributed by atoms with Gasteiger partial charge in [0.05, 0.1) is 6.61 Å². The van der Waals surface area contributed by atoms with Crippen molar-refractivity contribution in [3.05, 3.63) is 29.8 Å². The zero-order valence-electron chi connectivity index (χ0n) is 16.7. The molecule has 0 saturated carbocycles. The SMILES string of the molecule is CSc1nc(N(C)CCCOc2ccc(CN3CCCCC3)cc2)n(C)n1. The number of hydrogen-bond acceptors (Lipinski definition) is 6. The molecule has 1 saturated heterocycles. The molecule has 0 N–H and O–H groups in total. The van der Waals surface area contributed by atoms with Gasteiger partial charge < -0.3 is 9.64 Å². The number of thioether (sulfide) groups is 1. The molecule has 1 fully saturated rings. The van der Waals surface area contributed by atoms with Crippen LogP contribution in [0.4, 0.5) is 5.95 Å². The summed E-state index contributed by atoms with van der Waals surface area (Å²) in [4.78, 5) is 9.19. The second-order valence-electron chi connectivity index (χ2n) is 7.13. The van der Waals surface area contributed by atoms with E-state index in [0.717, 1.165) is 36.4 Å². The zero-order valence-corrected chi connectivity index (χ0v) is 17.5. The highest BCUT2D eigenvalue weighted by Crippen LogP contribution is 2.17. The summed E-state index contributed by atoms with van der Waals surface area (Å²) in [5.41, 5.74) is 1.37. The number of anilines is 1. The largest absolute Gasteiger partial charge is 0.494 e. The Hall–Kier alpha value is -1.73. The second kappa shape index (κ2) is 9.99. The molecule has 0 atom stereocenters. The smallest absolute Gasteiger partial charge is 0.224 e. The van der Waals surface area contributed by atoms with E-state index in [1.54, 1.807) is 11.8 Å². The van der Waals surface area contributed by atoms with Crippen LogP contribution in [0.2, 0.25) is 0 Å². The molecule has 0 unspecified atom stereocenters. The summed E-state index contributed by atoms with van der Waals surface area (Å²) in [6.45, 7) is 5.10. The first-order valence-electron chi connectivity index (χ1n) is 9.76. The van der Waals surface area contributed by atoms with Crippen molar-refractivity contribution in [1.29, 1.82) is 0 Å². The third-order valence-corrected chi connectivity index (χ3v) is 5.47. The Morgan fingerprint density at radius 2 is 1.89 bits per heavy atom. The second-order valence-corrected chi connectivity index (χ2v) is 7.90. The molecule has 1 aromatic heterocycles. The monoisotopic (exact) mass is 389 g/mol. The van der Waals surface area contributed by atoms with Gasteiger partial charge in [0.15, 0.2) is 0 Å². The van der Waals surface area contributed by atoms with Crippen LogP contribution in [0.25, 0.3) is 0 Å². The molecule has 1 aliphatic rings. The average molecular weight is 390 g/mol. The number of aryl methyl sites for hydroxylation is 1. The summed E-state index contributed by atoms with van der Waals surface area (Å²) in [7, 11) is 3.98. The highest BCUT2D eigenvalue weighted by molar-refractivity contribution is 7.98. The summed E-state index contributed by atoms with van der Waals surface area (Å²) >= 11 is 1.56. The molecule has 148 valence electrons. The lowest BCUT2D eigenvalue weighted by Crippen LogP contribution is -2.29. The minimum Gasteiger partial charge on any atom is -0.494 e. The predicted octanol–water partition coefficient (Wildman–Crippen LogP) is 3.43. The maximum Gasteiger partial charge on any atom is 0.224 e. The Morgan fingerprint density at radius 3 is 2.56 bits per heavy atom. The fraction of sp³-hybridized carbons (Fsp3) is 0.600.